The molecule has 0 saturated heterocycles. The first-order valence-corrected chi connectivity index (χ1v) is 7.85. The Labute approximate surface area is 116 Å². The van der Waals surface area contributed by atoms with E-state index in [9.17, 15) is 4.79 Å². The smallest absolute Gasteiger partial charge is 0.227 e. The number of fused-ring (bicyclic) bond motifs is 1. The van der Waals surface area contributed by atoms with E-state index in [0.29, 0.717) is 11.2 Å². The highest BCUT2D eigenvalue weighted by molar-refractivity contribution is 8.01. The van der Waals surface area contributed by atoms with Crippen LogP contribution in [0.5, 0.6) is 0 Å². The van der Waals surface area contributed by atoms with Crippen LogP contribution in [0, 0.1) is 6.92 Å². The molecule has 1 aromatic rings. The number of amides is 1. The van der Waals surface area contributed by atoms with E-state index in [2.05, 4.69) is 23.8 Å². The summed E-state index contributed by atoms with van der Waals surface area (Å²) < 4.78 is 0. The van der Waals surface area contributed by atoms with Gasteiger partial charge in [-0.3, -0.25) is 4.79 Å². The molecule has 0 saturated carbocycles. The molecule has 6 heteroatoms. The van der Waals surface area contributed by atoms with Crippen molar-refractivity contribution < 1.29 is 4.79 Å². The highest BCUT2D eigenvalue weighted by Gasteiger charge is 2.33. The minimum Gasteiger partial charge on any atom is -0.369 e. The minimum absolute atomic E-state index is 0.276. The van der Waals surface area contributed by atoms with E-state index in [1.54, 1.807) is 11.8 Å². The Hall–Kier alpha value is -0.750. The Bertz CT molecular complexity index is 479. The van der Waals surface area contributed by atoms with Crippen molar-refractivity contribution in [2.75, 3.05) is 5.75 Å². The summed E-state index contributed by atoms with van der Waals surface area (Å²) in [5, 5.41) is 2.53. The van der Waals surface area contributed by atoms with Gasteiger partial charge in [0.15, 0.2) is 0 Å². The molecular formula is C12H17N3OS2. The highest BCUT2D eigenvalue weighted by Crippen LogP contribution is 2.48. The lowest BCUT2D eigenvalue weighted by molar-refractivity contribution is -0.115. The number of hydrogen-bond donors (Lipinski definition) is 1. The molecule has 1 aliphatic heterocycles. The monoisotopic (exact) mass is 283 g/mol. The Morgan fingerprint density at radius 3 is 2.83 bits per heavy atom. The number of aryl methyl sites for hydroxylation is 1. The zero-order chi connectivity index (χ0) is 13.3. The molecule has 4 nitrogen and oxygen atoms in total. The summed E-state index contributed by atoms with van der Waals surface area (Å²) in [5.41, 5.74) is 6.42. The third-order valence-electron chi connectivity index (χ3n) is 3.01. The maximum Gasteiger partial charge on any atom is 0.227 e. The standard InChI is InChI=1S/C12H17N3OS2/c1-4-8-6(2)18-12-10(8)11(14-7(3)15-12)17-5-9(13)16/h6,8H,4-5H2,1-3H3,(H2,13,16)/t6-,8-/m0/s1. The van der Waals surface area contributed by atoms with Crippen molar-refractivity contribution in [3.8, 4) is 0 Å². The van der Waals surface area contributed by atoms with E-state index in [4.69, 9.17) is 5.73 Å². The lowest BCUT2D eigenvalue weighted by Crippen LogP contribution is -2.14. The van der Waals surface area contributed by atoms with Gasteiger partial charge in [0.25, 0.3) is 0 Å². The first-order valence-electron chi connectivity index (χ1n) is 5.99. The molecule has 2 heterocycles. The highest BCUT2D eigenvalue weighted by atomic mass is 32.2. The van der Waals surface area contributed by atoms with Crippen LogP contribution in [0.4, 0.5) is 0 Å². The number of carbonyl (C=O) groups excluding carboxylic acids is 1. The molecule has 98 valence electrons. The number of hydrogen-bond acceptors (Lipinski definition) is 5. The van der Waals surface area contributed by atoms with Crippen molar-refractivity contribution in [3.05, 3.63) is 11.4 Å². The quantitative estimate of drug-likeness (QED) is 0.678. The molecular weight excluding hydrogens is 266 g/mol. The molecule has 1 amide bonds. The topological polar surface area (TPSA) is 68.9 Å². The molecule has 18 heavy (non-hydrogen) atoms. The van der Waals surface area contributed by atoms with Crippen molar-refractivity contribution in [1.82, 2.24) is 9.97 Å². The summed E-state index contributed by atoms with van der Waals surface area (Å²) in [4.78, 5) is 19.9. The van der Waals surface area contributed by atoms with Crippen molar-refractivity contribution in [2.45, 2.75) is 48.4 Å². The molecule has 0 aliphatic carbocycles. The summed E-state index contributed by atoms with van der Waals surface area (Å²) in [6.07, 6.45) is 1.07. The van der Waals surface area contributed by atoms with Gasteiger partial charge in [-0.25, -0.2) is 9.97 Å². The van der Waals surface area contributed by atoms with Gasteiger partial charge in [-0.15, -0.1) is 11.8 Å². The van der Waals surface area contributed by atoms with Gasteiger partial charge in [-0.1, -0.05) is 25.6 Å². The van der Waals surface area contributed by atoms with Gasteiger partial charge in [-0.05, 0) is 13.3 Å². The average Bonchev–Trinajstić information content (AvgIpc) is 2.60. The van der Waals surface area contributed by atoms with E-state index in [-0.39, 0.29) is 11.7 Å². The molecule has 2 atom stereocenters. The molecule has 0 radical (unpaired) electrons. The molecule has 1 aromatic heterocycles. The zero-order valence-electron chi connectivity index (χ0n) is 10.8. The second kappa shape index (κ2) is 5.48. The first-order chi connectivity index (χ1) is 8.52. The number of primary amides is 1. The van der Waals surface area contributed by atoms with Gasteiger partial charge in [0.2, 0.25) is 5.91 Å². The van der Waals surface area contributed by atoms with E-state index < -0.39 is 0 Å². The molecule has 2 rings (SSSR count). The Morgan fingerprint density at radius 2 is 2.22 bits per heavy atom. The molecule has 2 N–H and O–H groups in total. The van der Waals surface area contributed by atoms with Crippen molar-refractivity contribution in [1.29, 1.82) is 0 Å². The molecule has 0 bridgehead atoms. The van der Waals surface area contributed by atoms with Crippen LogP contribution in [-0.4, -0.2) is 26.9 Å². The average molecular weight is 283 g/mol. The third kappa shape index (κ3) is 2.64. The Kier molecular flexibility index (Phi) is 4.17. The predicted octanol–water partition coefficient (Wildman–Crippen LogP) is 2.35. The van der Waals surface area contributed by atoms with Gasteiger partial charge in [0.05, 0.1) is 5.75 Å². The Morgan fingerprint density at radius 1 is 1.50 bits per heavy atom. The summed E-state index contributed by atoms with van der Waals surface area (Å²) in [7, 11) is 0. The number of rotatable bonds is 4. The van der Waals surface area contributed by atoms with E-state index >= 15 is 0 Å². The van der Waals surface area contributed by atoms with Crippen LogP contribution in [0.25, 0.3) is 0 Å². The van der Waals surface area contributed by atoms with Crippen LogP contribution in [0.15, 0.2) is 10.1 Å². The van der Waals surface area contributed by atoms with Gasteiger partial charge in [0.1, 0.15) is 15.9 Å². The van der Waals surface area contributed by atoms with Gasteiger partial charge in [0, 0.05) is 16.7 Å². The van der Waals surface area contributed by atoms with E-state index in [1.807, 2.05) is 6.92 Å². The van der Waals surface area contributed by atoms with Crippen LogP contribution >= 0.6 is 23.5 Å². The normalized spacial score (nSPS) is 21.9. The molecule has 0 fully saturated rings. The third-order valence-corrected chi connectivity index (χ3v) is 5.26. The number of thioether (sulfide) groups is 2. The summed E-state index contributed by atoms with van der Waals surface area (Å²) in [6, 6.07) is 0. The Balaban J connectivity index is 2.38. The van der Waals surface area contributed by atoms with Crippen LogP contribution in [0.3, 0.4) is 0 Å². The fraction of sp³-hybridized carbons (Fsp3) is 0.583. The van der Waals surface area contributed by atoms with Gasteiger partial charge in [-0.2, -0.15) is 0 Å². The lowest BCUT2D eigenvalue weighted by Gasteiger charge is -2.14. The molecule has 0 unspecified atom stereocenters. The van der Waals surface area contributed by atoms with Crippen molar-refractivity contribution in [3.63, 3.8) is 0 Å². The van der Waals surface area contributed by atoms with E-state index in [1.165, 1.54) is 17.3 Å². The van der Waals surface area contributed by atoms with Crippen molar-refractivity contribution in [2.24, 2.45) is 5.73 Å². The fourth-order valence-electron chi connectivity index (χ4n) is 2.22. The number of nitrogens with zero attached hydrogens (tertiary/aromatic N) is 2. The molecule has 0 spiro atoms. The maximum atomic E-state index is 10.9. The van der Waals surface area contributed by atoms with Crippen LogP contribution < -0.4 is 5.73 Å². The van der Waals surface area contributed by atoms with Gasteiger partial charge >= 0.3 is 0 Å². The fourth-order valence-corrected chi connectivity index (χ4v) is 4.56. The largest absolute Gasteiger partial charge is 0.369 e. The van der Waals surface area contributed by atoms with Crippen LogP contribution in [0.1, 0.15) is 37.6 Å². The second-order valence-corrected chi connectivity index (χ2v) is 6.72. The maximum absolute atomic E-state index is 10.9. The van der Waals surface area contributed by atoms with Crippen LogP contribution in [0.2, 0.25) is 0 Å². The number of carbonyl (C=O) groups is 1. The molecule has 1 aliphatic rings. The molecule has 0 aromatic carbocycles. The lowest BCUT2D eigenvalue weighted by atomic mass is 9.96. The predicted molar refractivity (Wildman–Crippen MR) is 75.0 cm³/mol. The minimum atomic E-state index is -0.309. The number of aromatic nitrogens is 2. The van der Waals surface area contributed by atoms with Crippen LogP contribution in [-0.2, 0) is 4.79 Å². The zero-order valence-corrected chi connectivity index (χ0v) is 12.4. The number of nitrogens with two attached hydrogens (primary N) is 1. The summed E-state index contributed by atoms with van der Waals surface area (Å²) >= 11 is 3.24. The summed E-state index contributed by atoms with van der Waals surface area (Å²) in [6.45, 7) is 6.29. The summed E-state index contributed by atoms with van der Waals surface area (Å²) in [5.74, 6) is 1.20. The second-order valence-electron chi connectivity index (χ2n) is 4.39. The van der Waals surface area contributed by atoms with Crippen molar-refractivity contribution >= 4 is 29.4 Å². The van der Waals surface area contributed by atoms with Gasteiger partial charge < -0.3 is 5.73 Å². The van der Waals surface area contributed by atoms with E-state index in [0.717, 1.165) is 22.3 Å². The first kappa shape index (κ1) is 13.7. The SMILES string of the molecule is CC[C@@H]1c2c(SCC(N)=O)nc(C)nc2S[C@H]1C.